The zero-order chi connectivity index (χ0) is 16.2. The van der Waals surface area contributed by atoms with E-state index in [1.165, 1.54) is 7.05 Å². The first kappa shape index (κ1) is 17.1. The minimum absolute atomic E-state index is 0.0863. The number of nitrogens with zero attached hydrogens (tertiary/aromatic N) is 3. The first-order valence-corrected chi connectivity index (χ1v) is 6.94. The van der Waals surface area contributed by atoms with E-state index in [2.05, 4.69) is 5.32 Å². The molecule has 0 bridgehead atoms. The van der Waals surface area contributed by atoms with Gasteiger partial charge in [-0.05, 0) is 7.05 Å². The van der Waals surface area contributed by atoms with Gasteiger partial charge in [0.15, 0.2) is 13.1 Å². The topological polar surface area (TPSA) is 156 Å². The number of hydrogen-bond donors (Lipinski definition) is 2. The predicted octanol–water partition coefficient (Wildman–Crippen LogP) is -1.52. The maximum atomic E-state index is 11.7. The van der Waals surface area contributed by atoms with E-state index in [-0.39, 0.29) is 11.5 Å². The van der Waals surface area contributed by atoms with Gasteiger partial charge in [-0.15, -0.1) is 11.8 Å². The molecule has 0 spiro atoms. The number of thioether (sulfide) groups is 1. The van der Waals surface area contributed by atoms with Gasteiger partial charge in [-0.3, -0.25) is 29.8 Å². The Bertz CT molecular complexity index is 449. The Kier molecular flexibility index (Phi) is 5.43. The molecule has 118 valence electrons. The van der Waals surface area contributed by atoms with Crippen molar-refractivity contribution < 1.29 is 24.5 Å². The molecule has 1 rings (SSSR count). The first-order valence-electron chi connectivity index (χ1n) is 5.79. The molecule has 0 aromatic carbocycles. The predicted molar refractivity (Wildman–Crippen MR) is 71.1 cm³/mol. The van der Waals surface area contributed by atoms with Crippen LogP contribution in [0.5, 0.6) is 0 Å². The summed E-state index contributed by atoms with van der Waals surface area (Å²) in [6, 6.07) is -0.809. The molecule has 0 aromatic rings. The molecule has 0 aromatic heterocycles. The van der Waals surface area contributed by atoms with Crippen molar-refractivity contribution in [2.75, 3.05) is 31.6 Å². The number of likely N-dealkylation sites (N-methyl/N-ethyl adjacent to an activating group) is 1. The SMILES string of the molecule is CNC(CSCC(=O)N1CC([N+](=O)[O-])([N+](=O)[O-])C1)C(=O)O. The number of hydrogen-bond acceptors (Lipinski definition) is 8. The Labute approximate surface area is 123 Å². The van der Waals surface area contributed by atoms with Gasteiger partial charge in [0.2, 0.25) is 5.91 Å². The van der Waals surface area contributed by atoms with E-state index in [0.29, 0.717) is 0 Å². The molecule has 1 heterocycles. The Balaban J connectivity index is 2.41. The van der Waals surface area contributed by atoms with E-state index in [0.717, 1.165) is 16.7 Å². The van der Waals surface area contributed by atoms with E-state index in [1.54, 1.807) is 0 Å². The number of aliphatic carboxylic acids is 1. The van der Waals surface area contributed by atoms with Crippen LogP contribution in [0, 0.1) is 20.2 Å². The van der Waals surface area contributed by atoms with Crippen molar-refractivity contribution >= 4 is 23.6 Å². The average molecular weight is 322 g/mol. The number of carboxylic acid groups (broad SMARTS) is 1. The zero-order valence-electron chi connectivity index (χ0n) is 11.1. The third-order valence-electron chi connectivity index (χ3n) is 3.08. The smallest absolute Gasteiger partial charge is 0.480 e. The van der Waals surface area contributed by atoms with Crippen LogP contribution < -0.4 is 5.32 Å². The highest BCUT2D eigenvalue weighted by molar-refractivity contribution is 8.00. The summed E-state index contributed by atoms with van der Waals surface area (Å²) in [7, 11) is 1.47. The number of carbonyl (C=O) groups excluding carboxylic acids is 1. The molecular weight excluding hydrogens is 308 g/mol. The minimum Gasteiger partial charge on any atom is -0.480 e. The highest BCUT2D eigenvalue weighted by Gasteiger charge is 2.67. The number of carboxylic acids is 1. The summed E-state index contributed by atoms with van der Waals surface area (Å²) in [5.41, 5.74) is -2.31. The van der Waals surface area contributed by atoms with Gasteiger partial charge in [-0.1, -0.05) is 0 Å². The van der Waals surface area contributed by atoms with Crippen LogP contribution in [-0.4, -0.2) is 75.1 Å². The third kappa shape index (κ3) is 3.58. The van der Waals surface area contributed by atoms with Crippen LogP contribution >= 0.6 is 11.8 Å². The summed E-state index contributed by atoms with van der Waals surface area (Å²) < 4.78 is 0. The standard InChI is InChI=1S/C9H14N4O7S/c1-10-6(8(15)16)2-21-3-7(14)11-4-9(5-11,12(17)18)13(19)20/h6,10H,2-5H2,1H3,(H,15,16). The van der Waals surface area contributed by atoms with Crippen LogP contribution in [0.4, 0.5) is 0 Å². The van der Waals surface area contributed by atoms with Crippen molar-refractivity contribution in [2.24, 2.45) is 0 Å². The number of nitrogens with one attached hydrogen (secondary N) is 1. The summed E-state index contributed by atoms with van der Waals surface area (Å²) in [4.78, 5) is 42.8. The molecule has 1 atom stereocenters. The van der Waals surface area contributed by atoms with E-state index in [9.17, 15) is 29.8 Å². The monoisotopic (exact) mass is 322 g/mol. The molecule has 11 nitrogen and oxygen atoms in total. The highest BCUT2D eigenvalue weighted by atomic mass is 32.2. The van der Waals surface area contributed by atoms with Gasteiger partial charge in [0.1, 0.15) is 15.9 Å². The van der Waals surface area contributed by atoms with Crippen LogP contribution in [0.2, 0.25) is 0 Å². The second kappa shape index (κ2) is 6.67. The molecular formula is C9H14N4O7S. The van der Waals surface area contributed by atoms with Crippen LogP contribution in [-0.2, 0) is 9.59 Å². The van der Waals surface area contributed by atoms with Gasteiger partial charge in [0.25, 0.3) is 0 Å². The molecule has 2 N–H and O–H groups in total. The van der Waals surface area contributed by atoms with Gasteiger partial charge in [0.05, 0.1) is 5.75 Å². The fourth-order valence-electron chi connectivity index (χ4n) is 1.67. The Morgan fingerprint density at radius 1 is 1.38 bits per heavy atom. The molecule has 1 amide bonds. The average Bonchev–Trinajstić information content (AvgIpc) is 2.31. The van der Waals surface area contributed by atoms with Crippen molar-refractivity contribution in [2.45, 2.75) is 11.7 Å². The first-order chi connectivity index (χ1) is 9.74. The molecule has 1 aliphatic rings. The van der Waals surface area contributed by atoms with Gasteiger partial charge in [-0.2, -0.15) is 0 Å². The van der Waals surface area contributed by atoms with Crippen molar-refractivity contribution in [3.63, 3.8) is 0 Å². The lowest BCUT2D eigenvalue weighted by atomic mass is 10.0. The molecule has 12 heteroatoms. The van der Waals surface area contributed by atoms with E-state index in [1.807, 2.05) is 0 Å². The molecule has 1 unspecified atom stereocenters. The van der Waals surface area contributed by atoms with Crippen molar-refractivity contribution in [3.05, 3.63) is 20.2 Å². The van der Waals surface area contributed by atoms with E-state index >= 15 is 0 Å². The molecule has 0 saturated carbocycles. The Morgan fingerprint density at radius 3 is 2.29 bits per heavy atom. The van der Waals surface area contributed by atoms with Gasteiger partial charge < -0.3 is 15.3 Å². The van der Waals surface area contributed by atoms with Crippen LogP contribution in [0.25, 0.3) is 0 Å². The zero-order valence-corrected chi connectivity index (χ0v) is 11.9. The van der Waals surface area contributed by atoms with Crippen molar-refractivity contribution in [3.8, 4) is 0 Å². The second-order valence-electron chi connectivity index (χ2n) is 4.44. The third-order valence-corrected chi connectivity index (χ3v) is 4.10. The van der Waals surface area contributed by atoms with Crippen molar-refractivity contribution in [1.29, 1.82) is 0 Å². The van der Waals surface area contributed by atoms with Crippen LogP contribution in [0.15, 0.2) is 0 Å². The number of nitro groups is 2. The fraction of sp³-hybridized carbons (Fsp3) is 0.778. The van der Waals surface area contributed by atoms with E-state index < -0.39 is 46.5 Å². The quantitative estimate of drug-likeness (QED) is 0.308. The van der Waals surface area contributed by atoms with Crippen molar-refractivity contribution in [1.82, 2.24) is 10.2 Å². The normalized spacial score (nSPS) is 17.7. The van der Waals surface area contributed by atoms with Crippen LogP contribution in [0.3, 0.4) is 0 Å². The number of amides is 1. The molecule has 0 radical (unpaired) electrons. The van der Waals surface area contributed by atoms with E-state index in [4.69, 9.17) is 5.11 Å². The molecule has 21 heavy (non-hydrogen) atoms. The maximum absolute atomic E-state index is 11.7. The number of rotatable bonds is 8. The summed E-state index contributed by atoms with van der Waals surface area (Å²) >= 11 is 1.04. The minimum atomic E-state index is -2.31. The molecule has 1 aliphatic heterocycles. The molecule has 0 aliphatic carbocycles. The molecule has 1 saturated heterocycles. The highest BCUT2D eigenvalue weighted by Crippen LogP contribution is 2.25. The number of likely N-dealkylation sites (tertiary alicyclic amines) is 1. The summed E-state index contributed by atoms with van der Waals surface area (Å²) in [6.07, 6.45) is 0. The lowest BCUT2D eigenvalue weighted by molar-refractivity contribution is -0.809. The van der Waals surface area contributed by atoms with Gasteiger partial charge >= 0.3 is 11.6 Å². The maximum Gasteiger partial charge on any atom is 0.492 e. The second-order valence-corrected chi connectivity index (χ2v) is 5.47. The largest absolute Gasteiger partial charge is 0.492 e. The van der Waals surface area contributed by atoms with Crippen LogP contribution in [0.1, 0.15) is 0 Å². The molecule has 1 fully saturated rings. The summed E-state index contributed by atoms with van der Waals surface area (Å²) in [5, 5.41) is 32.7. The lowest BCUT2D eigenvalue weighted by Gasteiger charge is -2.35. The number of carbonyl (C=O) groups is 2. The Morgan fingerprint density at radius 2 is 1.90 bits per heavy atom. The summed E-state index contributed by atoms with van der Waals surface area (Å²) in [6.45, 7) is -1.14. The van der Waals surface area contributed by atoms with Gasteiger partial charge in [0, 0.05) is 5.75 Å². The Hall–Kier alpha value is -1.95. The fourth-order valence-corrected chi connectivity index (χ4v) is 2.69. The lowest BCUT2D eigenvalue weighted by Crippen LogP contribution is -2.71. The summed E-state index contributed by atoms with van der Waals surface area (Å²) in [5.74, 6) is -1.49. The van der Waals surface area contributed by atoms with Gasteiger partial charge in [-0.25, -0.2) is 0 Å².